The van der Waals surface area contributed by atoms with E-state index < -0.39 is 34.8 Å². The fraction of sp³-hybridized carbons (Fsp3) is 0.400. The van der Waals surface area contributed by atoms with Gasteiger partial charge in [-0.25, -0.2) is 21.9 Å². The molecule has 0 saturated heterocycles. The van der Waals surface area contributed by atoms with Gasteiger partial charge < -0.3 is 0 Å². The lowest BCUT2D eigenvalue weighted by Crippen LogP contribution is -2.50. The Kier molecular flexibility index (Phi) is 3.70. The maximum Gasteiger partial charge on any atom is 0.251 e. The summed E-state index contributed by atoms with van der Waals surface area (Å²) in [7, 11) is -3.80. The van der Waals surface area contributed by atoms with Crippen LogP contribution in [0.4, 0.5) is 8.78 Å². The van der Waals surface area contributed by atoms with Crippen LogP contribution in [0.15, 0.2) is 27.6 Å². The molecule has 0 radical (unpaired) electrons. The van der Waals surface area contributed by atoms with Crippen LogP contribution in [0.2, 0.25) is 5.02 Å². The van der Waals surface area contributed by atoms with E-state index in [9.17, 15) is 17.2 Å². The monoisotopic (exact) mass is 359 g/mol. The molecule has 1 saturated carbocycles. The van der Waals surface area contributed by atoms with Crippen molar-refractivity contribution in [2.75, 3.05) is 0 Å². The van der Waals surface area contributed by atoms with Crippen LogP contribution in [0.5, 0.6) is 0 Å². The molecule has 0 amide bonds. The maximum absolute atomic E-state index is 12.6. The molecule has 0 aromatic heterocycles. The molecule has 0 spiro atoms. The van der Waals surface area contributed by atoms with E-state index in [0.29, 0.717) is 4.47 Å². The fourth-order valence-electron chi connectivity index (χ4n) is 1.68. The molecular weight excluding hydrogens is 352 g/mol. The Morgan fingerprint density at radius 3 is 2.50 bits per heavy atom. The summed E-state index contributed by atoms with van der Waals surface area (Å²) in [5.41, 5.74) is 0. The van der Waals surface area contributed by atoms with Crippen LogP contribution < -0.4 is 4.72 Å². The minimum absolute atomic E-state index is 0.0362. The molecule has 1 aromatic carbocycles. The molecular formula is C10H9BrClF2NO2S. The molecule has 0 bridgehead atoms. The summed E-state index contributed by atoms with van der Waals surface area (Å²) in [6.07, 6.45) is -0.924. The normalized spacial score (nSPS) is 19.6. The van der Waals surface area contributed by atoms with E-state index >= 15 is 0 Å². The van der Waals surface area contributed by atoms with Gasteiger partial charge in [0.15, 0.2) is 0 Å². The first kappa shape index (κ1) is 14.2. The van der Waals surface area contributed by atoms with Crippen LogP contribution in [-0.4, -0.2) is 20.4 Å². The predicted octanol–water partition coefficient (Wildman–Crippen LogP) is 3.18. The van der Waals surface area contributed by atoms with Gasteiger partial charge in [-0.3, -0.25) is 0 Å². The summed E-state index contributed by atoms with van der Waals surface area (Å²) in [4.78, 5) is -0.0362. The van der Waals surface area contributed by atoms with Crippen molar-refractivity contribution in [1.29, 1.82) is 0 Å². The Balaban J connectivity index is 2.14. The summed E-state index contributed by atoms with van der Waals surface area (Å²) in [6, 6.07) is 3.40. The first-order valence-electron chi connectivity index (χ1n) is 5.05. The fourth-order valence-corrected chi connectivity index (χ4v) is 3.43. The SMILES string of the molecule is O=S(=O)(NC1CC(F)(F)C1)c1ccc(Br)c(Cl)c1. The first-order valence-corrected chi connectivity index (χ1v) is 7.70. The van der Waals surface area contributed by atoms with Gasteiger partial charge in [-0.15, -0.1) is 0 Å². The number of halogens is 4. The van der Waals surface area contributed by atoms with Crippen LogP contribution >= 0.6 is 27.5 Å². The second-order valence-electron chi connectivity index (χ2n) is 4.16. The summed E-state index contributed by atoms with van der Waals surface area (Å²) in [6.45, 7) is 0. The van der Waals surface area contributed by atoms with Gasteiger partial charge in [-0.05, 0) is 34.1 Å². The zero-order chi connectivity index (χ0) is 13.6. The van der Waals surface area contributed by atoms with Crippen molar-refractivity contribution >= 4 is 37.6 Å². The molecule has 1 aliphatic carbocycles. The highest BCUT2D eigenvalue weighted by Crippen LogP contribution is 2.38. The molecule has 0 unspecified atom stereocenters. The van der Waals surface area contributed by atoms with Crippen LogP contribution in [0.3, 0.4) is 0 Å². The van der Waals surface area contributed by atoms with Crippen molar-refractivity contribution in [3.05, 3.63) is 27.7 Å². The average molecular weight is 361 g/mol. The third-order valence-electron chi connectivity index (χ3n) is 2.61. The second kappa shape index (κ2) is 4.70. The van der Waals surface area contributed by atoms with E-state index in [4.69, 9.17) is 11.6 Å². The van der Waals surface area contributed by atoms with Crippen molar-refractivity contribution in [2.45, 2.75) is 29.7 Å². The standard InChI is InChI=1S/C10H9BrClF2NO2S/c11-8-2-1-7(3-9(8)12)18(16,17)15-6-4-10(13,14)5-6/h1-3,6,15H,4-5H2. The van der Waals surface area contributed by atoms with Gasteiger partial charge in [-0.2, -0.15) is 0 Å². The van der Waals surface area contributed by atoms with Gasteiger partial charge in [0, 0.05) is 23.4 Å². The molecule has 1 aromatic rings. The lowest BCUT2D eigenvalue weighted by Gasteiger charge is -2.34. The van der Waals surface area contributed by atoms with Gasteiger partial charge in [0.05, 0.1) is 9.92 Å². The van der Waals surface area contributed by atoms with Crippen molar-refractivity contribution in [2.24, 2.45) is 0 Å². The highest BCUT2D eigenvalue weighted by atomic mass is 79.9. The zero-order valence-electron chi connectivity index (χ0n) is 8.96. The number of rotatable bonds is 3. The van der Waals surface area contributed by atoms with E-state index in [1.807, 2.05) is 0 Å². The van der Waals surface area contributed by atoms with E-state index in [1.165, 1.54) is 18.2 Å². The summed E-state index contributed by atoms with van der Waals surface area (Å²) >= 11 is 8.93. The lowest BCUT2D eigenvalue weighted by atomic mass is 9.89. The maximum atomic E-state index is 12.6. The van der Waals surface area contributed by atoms with E-state index in [1.54, 1.807) is 0 Å². The number of benzene rings is 1. The third-order valence-corrected chi connectivity index (χ3v) is 5.36. The third kappa shape index (κ3) is 3.01. The van der Waals surface area contributed by atoms with Crippen LogP contribution in [0.1, 0.15) is 12.8 Å². The molecule has 18 heavy (non-hydrogen) atoms. The number of alkyl halides is 2. The number of hydrogen-bond acceptors (Lipinski definition) is 2. The molecule has 0 aliphatic heterocycles. The summed E-state index contributed by atoms with van der Waals surface area (Å²) < 4.78 is 51.8. The Hall–Kier alpha value is -0.240. The highest BCUT2D eigenvalue weighted by molar-refractivity contribution is 9.10. The highest BCUT2D eigenvalue weighted by Gasteiger charge is 2.46. The van der Waals surface area contributed by atoms with E-state index in [2.05, 4.69) is 20.7 Å². The predicted molar refractivity (Wildman–Crippen MR) is 67.4 cm³/mol. The van der Waals surface area contributed by atoms with E-state index in [-0.39, 0.29) is 9.92 Å². The minimum atomic E-state index is -3.80. The lowest BCUT2D eigenvalue weighted by molar-refractivity contribution is -0.0876. The van der Waals surface area contributed by atoms with Crippen LogP contribution in [0, 0.1) is 0 Å². The molecule has 0 heterocycles. The molecule has 2 rings (SSSR count). The molecule has 1 N–H and O–H groups in total. The molecule has 1 fully saturated rings. The Morgan fingerprint density at radius 2 is 2.00 bits per heavy atom. The van der Waals surface area contributed by atoms with Gasteiger partial charge in [0.25, 0.3) is 5.92 Å². The first-order chi connectivity index (χ1) is 8.20. The molecule has 0 atom stereocenters. The van der Waals surface area contributed by atoms with Crippen molar-refractivity contribution in [3.8, 4) is 0 Å². The molecule has 100 valence electrons. The molecule has 3 nitrogen and oxygen atoms in total. The topological polar surface area (TPSA) is 46.2 Å². The van der Waals surface area contributed by atoms with Gasteiger partial charge >= 0.3 is 0 Å². The van der Waals surface area contributed by atoms with Crippen LogP contribution in [-0.2, 0) is 10.0 Å². The minimum Gasteiger partial charge on any atom is -0.208 e. The molecule has 8 heteroatoms. The number of sulfonamides is 1. The van der Waals surface area contributed by atoms with Gasteiger partial charge in [0.2, 0.25) is 10.0 Å². The largest absolute Gasteiger partial charge is 0.251 e. The second-order valence-corrected chi connectivity index (χ2v) is 7.13. The average Bonchev–Trinajstić information content (AvgIpc) is 2.18. The molecule has 1 aliphatic rings. The van der Waals surface area contributed by atoms with Crippen LogP contribution in [0.25, 0.3) is 0 Å². The Labute approximate surface area is 117 Å². The zero-order valence-corrected chi connectivity index (χ0v) is 12.1. The van der Waals surface area contributed by atoms with Gasteiger partial charge in [-0.1, -0.05) is 11.6 Å². The summed E-state index contributed by atoms with van der Waals surface area (Å²) in [5.74, 6) is -2.76. The van der Waals surface area contributed by atoms with Crippen molar-refractivity contribution in [1.82, 2.24) is 4.72 Å². The van der Waals surface area contributed by atoms with Crippen molar-refractivity contribution in [3.63, 3.8) is 0 Å². The van der Waals surface area contributed by atoms with E-state index in [0.717, 1.165) is 0 Å². The summed E-state index contributed by atoms with van der Waals surface area (Å²) in [5, 5.41) is 0.247. The smallest absolute Gasteiger partial charge is 0.208 e. The number of nitrogens with one attached hydrogen (secondary N) is 1. The Morgan fingerprint density at radius 1 is 1.39 bits per heavy atom. The van der Waals surface area contributed by atoms with Crippen molar-refractivity contribution < 1.29 is 17.2 Å². The Bertz CT molecular complexity index is 571. The van der Waals surface area contributed by atoms with Gasteiger partial charge in [0.1, 0.15) is 0 Å². The quantitative estimate of drug-likeness (QED) is 0.900. The number of hydrogen-bond donors (Lipinski definition) is 1.